The van der Waals surface area contributed by atoms with Gasteiger partial charge in [-0.15, -0.1) is 0 Å². The van der Waals surface area contributed by atoms with Gasteiger partial charge in [0.25, 0.3) is 5.91 Å². The van der Waals surface area contributed by atoms with Crippen LogP contribution in [0.3, 0.4) is 0 Å². The van der Waals surface area contributed by atoms with E-state index in [-0.39, 0.29) is 23.7 Å². The highest BCUT2D eigenvalue weighted by atomic mass is 16.5. The molecule has 0 unspecified atom stereocenters. The topological polar surface area (TPSA) is 29.5 Å². The summed E-state index contributed by atoms with van der Waals surface area (Å²) in [7, 11) is 0. The SMILES string of the molecule is C/C=C/N1C(=O)[C@@H]2O[C@]3(C)C[C@H]4[C@@H](C[C@@H]3[C@@H](Cc3ccccc3)[C@@H]21)C4(C)C. The zero-order valence-electron chi connectivity index (χ0n) is 16.9. The second-order valence-corrected chi connectivity index (χ2v) is 10.0. The van der Waals surface area contributed by atoms with Gasteiger partial charge in [-0.3, -0.25) is 4.79 Å². The molecule has 1 aromatic carbocycles. The van der Waals surface area contributed by atoms with Crippen molar-refractivity contribution in [1.82, 2.24) is 4.90 Å². The Kier molecular flexibility index (Phi) is 3.69. The van der Waals surface area contributed by atoms with Gasteiger partial charge in [-0.05, 0) is 67.8 Å². The molecule has 4 aliphatic rings. The molecule has 0 N–H and O–H groups in total. The van der Waals surface area contributed by atoms with Crippen LogP contribution in [0.4, 0.5) is 0 Å². The third-order valence-corrected chi connectivity index (χ3v) is 8.31. The van der Waals surface area contributed by atoms with Gasteiger partial charge in [-0.25, -0.2) is 0 Å². The van der Waals surface area contributed by atoms with Crippen molar-refractivity contribution in [2.24, 2.45) is 29.1 Å². The molecule has 2 heterocycles. The van der Waals surface area contributed by atoms with Gasteiger partial charge in [-0.1, -0.05) is 50.3 Å². The van der Waals surface area contributed by atoms with Gasteiger partial charge >= 0.3 is 0 Å². The first kappa shape index (κ1) is 17.5. The number of allylic oxidation sites excluding steroid dienone is 1. The summed E-state index contributed by atoms with van der Waals surface area (Å²) in [6.07, 6.45) is 7.07. The normalized spacial score (nSPS) is 44.3. The number of amides is 1. The highest BCUT2D eigenvalue weighted by Crippen LogP contribution is 2.70. The van der Waals surface area contributed by atoms with Crippen molar-refractivity contribution in [3.63, 3.8) is 0 Å². The van der Waals surface area contributed by atoms with Crippen molar-refractivity contribution in [2.75, 3.05) is 0 Å². The van der Waals surface area contributed by atoms with Crippen LogP contribution in [0.1, 0.15) is 46.1 Å². The van der Waals surface area contributed by atoms with Crippen LogP contribution in [0.5, 0.6) is 0 Å². The molecule has 5 rings (SSSR count). The summed E-state index contributed by atoms with van der Waals surface area (Å²) in [5, 5.41) is 0. The smallest absolute Gasteiger partial charge is 0.258 e. The molecule has 0 radical (unpaired) electrons. The summed E-state index contributed by atoms with van der Waals surface area (Å²) in [6, 6.07) is 11.0. The van der Waals surface area contributed by atoms with E-state index in [4.69, 9.17) is 4.74 Å². The minimum Gasteiger partial charge on any atom is -0.360 e. The standard InChI is InChI=1S/C24H31NO2/c1-5-11-25-20-16(12-15-9-7-6-8-10-15)17-13-18-19(23(18,2)3)14-24(17,4)27-21(20)22(25)26/h5-11,16-21H,12-14H2,1-4H3/b11-5+/t16-,17-,18-,19+,20+,21-,24-/m1/s1. The number of benzene rings is 1. The average molecular weight is 366 g/mol. The molecule has 2 aliphatic heterocycles. The summed E-state index contributed by atoms with van der Waals surface area (Å²) in [4.78, 5) is 14.7. The van der Waals surface area contributed by atoms with Crippen LogP contribution in [0.25, 0.3) is 0 Å². The van der Waals surface area contributed by atoms with Gasteiger partial charge in [0, 0.05) is 6.20 Å². The van der Waals surface area contributed by atoms with Crippen molar-refractivity contribution in [3.8, 4) is 0 Å². The number of ether oxygens (including phenoxy) is 1. The van der Waals surface area contributed by atoms with E-state index in [1.165, 1.54) is 12.0 Å². The Labute approximate surface area is 162 Å². The molecule has 3 heteroatoms. The highest BCUT2D eigenvalue weighted by molar-refractivity contribution is 5.90. The number of fused-ring (bicyclic) bond motifs is 3. The summed E-state index contributed by atoms with van der Waals surface area (Å²) in [5.41, 5.74) is 1.66. The van der Waals surface area contributed by atoms with Gasteiger partial charge in [-0.2, -0.15) is 0 Å². The van der Waals surface area contributed by atoms with E-state index in [9.17, 15) is 4.79 Å². The van der Waals surface area contributed by atoms with Gasteiger partial charge in [0.1, 0.15) is 0 Å². The van der Waals surface area contributed by atoms with Crippen molar-refractivity contribution >= 4 is 5.91 Å². The van der Waals surface area contributed by atoms with Crippen LogP contribution in [0.2, 0.25) is 0 Å². The second kappa shape index (κ2) is 5.70. The van der Waals surface area contributed by atoms with E-state index in [2.05, 4.69) is 51.1 Å². The lowest BCUT2D eigenvalue weighted by Gasteiger charge is -2.61. The maximum absolute atomic E-state index is 12.8. The predicted octanol–water partition coefficient (Wildman–Crippen LogP) is 4.43. The number of likely N-dealkylation sites (tertiary alicyclic amines) is 1. The molecule has 0 aromatic heterocycles. The van der Waals surface area contributed by atoms with E-state index in [0.29, 0.717) is 17.3 Å². The maximum atomic E-state index is 12.8. The van der Waals surface area contributed by atoms with Crippen LogP contribution in [-0.4, -0.2) is 28.6 Å². The fourth-order valence-corrected chi connectivity index (χ4v) is 6.67. The lowest BCUT2D eigenvalue weighted by Crippen LogP contribution is -2.74. The quantitative estimate of drug-likeness (QED) is 0.742. The lowest BCUT2D eigenvalue weighted by atomic mass is 9.61. The molecule has 4 fully saturated rings. The number of carbonyl (C=O) groups excluding carboxylic acids is 1. The molecule has 1 amide bonds. The fourth-order valence-electron chi connectivity index (χ4n) is 6.67. The van der Waals surface area contributed by atoms with Crippen molar-refractivity contribution in [1.29, 1.82) is 0 Å². The van der Waals surface area contributed by atoms with Crippen molar-refractivity contribution < 1.29 is 9.53 Å². The van der Waals surface area contributed by atoms with Crippen molar-refractivity contribution in [3.05, 3.63) is 48.2 Å². The Bertz CT molecular complexity index is 785. The third kappa shape index (κ3) is 2.40. The molecule has 27 heavy (non-hydrogen) atoms. The molecule has 3 nitrogen and oxygen atoms in total. The summed E-state index contributed by atoms with van der Waals surface area (Å²) >= 11 is 0. The first-order valence-electron chi connectivity index (χ1n) is 10.5. The van der Waals surface area contributed by atoms with E-state index >= 15 is 0 Å². The molecule has 0 spiro atoms. The number of carbonyl (C=O) groups is 1. The van der Waals surface area contributed by atoms with E-state index in [1.54, 1.807) is 0 Å². The zero-order valence-corrected chi connectivity index (χ0v) is 16.9. The van der Waals surface area contributed by atoms with Gasteiger partial charge in [0.05, 0.1) is 11.6 Å². The molecule has 7 atom stereocenters. The number of β-lactam (4-membered cyclic amide) rings is 1. The maximum Gasteiger partial charge on any atom is 0.258 e. The molecule has 144 valence electrons. The molecular formula is C24H31NO2. The van der Waals surface area contributed by atoms with Gasteiger partial charge < -0.3 is 9.64 Å². The molecule has 1 aromatic rings. The first-order valence-corrected chi connectivity index (χ1v) is 10.5. The van der Waals surface area contributed by atoms with Crippen LogP contribution < -0.4 is 0 Å². The number of nitrogens with zero attached hydrogens (tertiary/aromatic N) is 1. The van der Waals surface area contributed by atoms with E-state index in [1.807, 2.05) is 24.1 Å². The first-order chi connectivity index (χ1) is 12.9. The van der Waals surface area contributed by atoms with E-state index < -0.39 is 0 Å². The zero-order chi connectivity index (χ0) is 19.0. The van der Waals surface area contributed by atoms with Crippen LogP contribution in [0, 0.1) is 29.1 Å². The Hall–Kier alpha value is -1.61. The summed E-state index contributed by atoms with van der Waals surface area (Å²) in [5.74, 6) is 2.70. The Morgan fingerprint density at radius 2 is 1.89 bits per heavy atom. The second-order valence-electron chi connectivity index (χ2n) is 10.0. The third-order valence-electron chi connectivity index (χ3n) is 8.31. The molecule has 0 bridgehead atoms. The minimum absolute atomic E-state index is 0.146. The number of hydrogen-bond donors (Lipinski definition) is 0. The summed E-state index contributed by atoms with van der Waals surface area (Å²) < 4.78 is 6.60. The molecule has 2 saturated carbocycles. The van der Waals surface area contributed by atoms with Gasteiger partial charge in [0.15, 0.2) is 6.10 Å². The van der Waals surface area contributed by atoms with Crippen LogP contribution >= 0.6 is 0 Å². The molecule has 2 aliphatic carbocycles. The predicted molar refractivity (Wildman–Crippen MR) is 106 cm³/mol. The largest absolute Gasteiger partial charge is 0.360 e. The number of rotatable bonds is 3. The Morgan fingerprint density at radius 3 is 2.59 bits per heavy atom. The van der Waals surface area contributed by atoms with Crippen LogP contribution in [-0.2, 0) is 16.0 Å². The molecule has 2 saturated heterocycles. The number of hydrogen-bond acceptors (Lipinski definition) is 2. The van der Waals surface area contributed by atoms with Crippen molar-refractivity contribution in [2.45, 2.75) is 64.7 Å². The van der Waals surface area contributed by atoms with E-state index in [0.717, 1.165) is 24.7 Å². The average Bonchev–Trinajstić information content (AvgIpc) is 3.17. The Balaban J connectivity index is 1.51. The summed E-state index contributed by atoms with van der Waals surface area (Å²) in [6.45, 7) is 9.11. The van der Waals surface area contributed by atoms with Crippen LogP contribution in [0.15, 0.2) is 42.6 Å². The lowest BCUT2D eigenvalue weighted by molar-refractivity contribution is -0.249. The fraction of sp³-hybridized carbons (Fsp3) is 0.625. The highest BCUT2D eigenvalue weighted by Gasteiger charge is 2.70. The minimum atomic E-state index is -0.255. The Morgan fingerprint density at radius 1 is 1.15 bits per heavy atom. The monoisotopic (exact) mass is 365 g/mol. The van der Waals surface area contributed by atoms with Gasteiger partial charge in [0.2, 0.25) is 0 Å². The molecular weight excluding hydrogens is 334 g/mol.